The Labute approximate surface area is 195 Å². The number of halogens is 1. The number of aliphatic hydroxyl groups excluding tert-OH is 1. The number of aryl methyl sites for hydroxylation is 2. The van der Waals surface area contributed by atoms with Crippen LogP contribution in [0.25, 0.3) is 32.3 Å². The first-order chi connectivity index (χ1) is 16.0. The molecule has 2 N–H and O–H groups in total. The monoisotopic (exact) mass is 467 g/mol. The van der Waals surface area contributed by atoms with Gasteiger partial charge in [-0.1, -0.05) is 12.1 Å². The van der Waals surface area contributed by atoms with Crippen molar-refractivity contribution in [2.24, 2.45) is 13.0 Å². The summed E-state index contributed by atoms with van der Waals surface area (Å²) in [7, 11) is 3.37. The van der Waals surface area contributed by atoms with Gasteiger partial charge >= 0.3 is 0 Å². The second kappa shape index (κ2) is 8.72. The maximum atomic E-state index is 15.1. The van der Waals surface area contributed by atoms with Gasteiger partial charge in [-0.05, 0) is 43.7 Å². The van der Waals surface area contributed by atoms with Crippen molar-refractivity contribution in [2.45, 2.75) is 32.2 Å². The summed E-state index contributed by atoms with van der Waals surface area (Å²) in [6.07, 6.45) is 6.41. The third-order valence-electron chi connectivity index (χ3n) is 6.38. The number of thiophene rings is 1. The van der Waals surface area contributed by atoms with Gasteiger partial charge in [-0.2, -0.15) is 0 Å². The van der Waals surface area contributed by atoms with Crippen LogP contribution in [-0.2, 0) is 7.05 Å². The van der Waals surface area contributed by atoms with Gasteiger partial charge in [0.15, 0.2) is 23.2 Å². The van der Waals surface area contributed by atoms with Crippen molar-refractivity contribution < 1.29 is 14.2 Å². The molecule has 0 amide bonds. The number of fused-ring (bicyclic) bond motifs is 1. The van der Waals surface area contributed by atoms with Gasteiger partial charge in [0, 0.05) is 42.5 Å². The summed E-state index contributed by atoms with van der Waals surface area (Å²) >= 11 is 1.44. The summed E-state index contributed by atoms with van der Waals surface area (Å²) < 4.78 is 22.2. The number of nitrogens with zero attached hydrogens (tertiary/aromatic N) is 4. The number of aliphatic hydroxyl groups is 1. The van der Waals surface area contributed by atoms with Gasteiger partial charge in [0.1, 0.15) is 10.6 Å². The molecule has 7 nitrogen and oxygen atoms in total. The molecular formula is C24H26FN5O2S. The Bertz CT molecular complexity index is 1320. The standard InChI is InChI=1S/C24H26FN5O2S/c1-13-18-21(27-15-8-7-14(11-15)12-31)28-22(23-26-9-10-30(23)2)29-24(18)33-20(13)16-5-4-6-17(32-3)19(16)25/h4-6,9-10,14-15,31H,7-8,11-12H2,1-3H3,(H,27,28,29). The van der Waals surface area contributed by atoms with Crippen LogP contribution in [-0.4, -0.2) is 44.4 Å². The molecule has 3 aromatic heterocycles. The van der Waals surface area contributed by atoms with E-state index in [1.54, 1.807) is 24.4 Å². The molecule has 1 aromatic carbocycles. The second-order valence-electron chi connectivity index (χ2n) is 8.52. The van der Waals surface area contributed by atoms with E-state index < -0.39 is 0 Å². The minimum absolute atomic E-state index is 0.201. The van der Waals surface area contributed by atoms with Crippen molar-refractivity contribution in [1.29, 1.82) is 0 Å². The highest BCUT2D eigenvalue weighted by Gasteiger charge is 2.27. The smallest absolute Gasteiger partial charge is 0.199 e. The normalized spacial score (nSPS) is 18.2. The van der Waals surface area contributed by atoms with Crippen molar-refractivity contribution in [2.75, 3.05) is 19.0 Å². The second-order valence-corrected chi connectivity index (χ2v) is 9.52. The quantitative estimate of drug-likeness (QED) is 0.424. The summed E-state index contributed by atoms with van der Waals surface area (Å²) in [6, 6.07) is 5.38. The van der Waals surface area contributed by atoms with Gasteiger partial charge in [-0.25, -0.2) is 19.3 Å². The predicted octanol–water partition coefficient (Wildman–Crippen LogP) is 4.79. The molecule has 0 saturated heterocycles. The summed E-state index contributed by atoms with van der Waals surface area (Å²) in [5, 5.41) is 14.0. The van der Waals surface area contributed by atoms with Crippen LogP contribution in [0.1, 0.15) is 24.8 Å². The number of anilines is 1. The Balaban J connectivity index is 1.67. The van der Waals surface area contributed by atoms with Crippen LogP contribution in [0.5, 0.6) is 5.75 Å². The van der Waals surface area contributed by atoms with Crippen molar-refractivity contribution >= 4 is 27.4 Å². The Kier molecular flexibility index (Phi) is 5.76. The maximum absolute atomic E-state index is 15.1. The van der Waals surface area contributed by atoms with E-state index in [1.807, 2.05) is 24.7 Å². The van der Waals surface area contributed by atoms with Gasteiger partial charge in [0.25, 0.3) is 0 Å². The average molecular weight is 468 g/mol. The van der Waals surface area contributed by atoms with Crippen LogP contribution in [0.2, 0.25) is 0 Å². The Hall–Kier alpha value is -3.04. The fourth-order valence-electron chi connectivity index (χ4n) is 4.59. The zero-order valence-electron chi connectivity index (χ0n) is 18.8. The van der Waals surface area contributed by atoms with Crippen LogP contribution in [0.4, 0.5) is 10.2 Å². The fourth-order valence-corrected chi connectivity index (χ4v) is 5.79. The van der Waals surface area contributed by atoms with Crippen LogP contribution in [0.3, 0.4) is 0 Å². The molecule has 0 radical (unpaired) electrons. The van der Waals surface area contributed by atoms with E-state index in [4.69, 9.17) is 14.7 Å². The summed E-state index contributed by atoms with van der Waals surface area (Å²) in [5.41, 5.74) is 1.41. The van der Waals surface area contributed by atoms with Crippen LogP contribution >= 0.6 is 11.3 Å². The number of ether oxygens (including phenoxy) is 1. The average Bonchev–Trinajstić information content (AvgIpc) is 3.53. The first-order valence-corrected chi connectivity index (χ1v) is 11.8. The number of nitrogens with one attached hydrogen (secondary N) is 1. The lowest BCUT2D eigenvalue weighted by Gasteiger charge is -2.15. The number of aromatic nitrogens is 4. The first kappa shape index (κ1) is 21.8. The lowest BCUT2D eigenvalue weighted by Crippen LogP contribution is -2.18. The van der Waals surface area contributed by atoms with E-state index >= 15 is 4.39 Å². The van der Waals surface area contributed by atoms with E-state index in [0.717, 1.165) is 45.7 Å². The molecule has 33 heavy (non-hydrogen) atoms. The zero-order chi connectivity index (χ0) is 23.1. The molecule has 1 saturated carbocycles. The largest absolute Gasteiger partial charge is 0.494 e. The number of imidazole rings is 1. The van der Waals surface area contributed by atoms with Gasteiger partial charge in [-0.3, -0.25) is 0 Å². The number of methoxy groups -OCH3 is 1. The lowest BCUT2D eigenvalue weighted by molar-refractivity contribution is 0.229. The molecule has 0 spiro atoms. The van der Waals surface area contributed by atoms with Gasteiger partial charge < -0.3 is 19.7 Å². The lowest BCUT2D eigenvalue weighted by atomic mass is 10.1. The molecule has 1 aliphatic rings. The van der Waals surface area contributed by atoms with E-state index in [-0.39, 0.29) is 24.2 Å². The van der Waals surface area contributed by atoms with Crippen molar-refractivity contribution in [1.82, 2.24) is 19.5 Å². The van der Waals surface area contributed by atoms with Crippen LogP contribution < -0.4 is 10.1 Å². The highest BCUT2D eigenvalue weighted by atomic mass is 32.1. The summed E-state index contributed by atoms with van der Waals surface area (Å²) in [6.45, 7) is 2.18. The molecular weight excluding hydrogens is 441 g/mol. The predicted molar refractivity (Wildman–Crippen MR) is 128 cm³/mol. The van der Waals surface area contributed by atoms with Crippen molar-refractivity contribution in [3.05, 3.63) is 42.0 Å². The van der Waals surface area contributed by atoms with Gasteiger partial charge in [-0.15, -0.1) is 11.3 Å². The Morgan fingerprint density at radius 2 is 2.15 bits per heavy atom. The molecule has 5 rings (SSSR count). The molecule has 0 bridgehead atoms. The van der Waals surface area contributed by atoms with Gasteiger partial charge in [0.2, 0.25) is 0 Å². The SMILES string of the molecule is COc1cccc(-c2sc3nc(-c4nccn4C)nc(NC4CCC(CO)C4)c3c2C)c1F. The van der Waals surface area contributed by atoms with E-state index in [2.05, 4.69) is 10.3 Å². The summed E-state index contributed by atoms with van der Waals surface area (Å²) in [5.74, 6) is 2.04. The highest BCUT2D eigenvalue weighted by molar-refractivity contribution is 7.22. The van der Waals surface area contributed by atoms with E-state index in [1.165, 1.54) is 18.4 Å². The van der Waals surface area contributed by atoms with Crippen LogP contribution in [0.15, 0.2) is 30.6 Å². The third kappa shape index (κ3) is 3.85. The van der Waals surface area contributed by atoms with Crippen molar-refractivity contribution in [3.63, 3.8) is 0 Å². The Morgan fingerprint density at radius 3 is 2.85 bits per heavy atom. The Morgan fingerprint density at radius 1 is 1.30 bits per heavy atom. The summed E-state index contributed by atoms with van der Waals surface area (Å²) in [4.78, 5) is 15.7. The molecule has 2 unspecified atom stereocenters. The van der Waals surface area contributed by atoms with E-state index in [9.17, 15) is 5.11 Å². The topological polar surface area (TPSA) is 85.1 Å². The molecule has 0 aliphatic heterocycles. The maximum Gasteiger partial charge on any atom is 0.199 e. The molecule has 172 valence electrons. The minimum atomic E-state index is -0.386. The number of hydrogen-bond acceptors (Lipinski definition) is 7. The molecule has 9 heteroatoms. The zero-order valence-corrected chi connectivity index (χ0v) is 19.6. The number of benzene rings is 1. The molecule has 4 aromatic rings. The molecule has 1 fully saturated rings. The minimum Gasteiger partial charge on any atom is -0.494 e. The fraction of sp³-hybridized carbons (Fsp3) is 0.375. The van der Waals surface area contributed by atoms with Crippen LogP contribution in [0, 0.1) is 18.7 Å². The molecule has 2 atom stereocenters. The van der Waals surface area contributed by atoms with Gasteiger partial charge in [0.05, 0.1) is 12.5 Å². The van der Waals surface area contributed by atoms with Crippen molar-refractivity contribution in [3.8, 4) is 27.8 Å². The van der Waals surface area contributed by atoms with E-state index in [0.29, 0.717) is 23.1 Å². The first-order valence-electron chi connectivity index (χ1n) is 11.0. The molecule has 3 heterocycles. The third-order valence-corrected chi connectivity index (χ3v) is 7.60. The highest BCUT2D eigenvalue weighted by Crippen LogP contribution is 2.43. The number of hydrogen-bond donors (Lipinski definition) is 2. The molecule has 1 aliphatic carbocycles. The number of rotatable bonds is 6.